The molecular formula is C30H33ClFN5O3S. The van der Waals surface area contributed by atoms with Gasteiger partial charge in [-0.15, -0.1) is 21.5 Å². The zero-order valence-corrected chi connectivity index (χ0v) is 25.1. The summed E-state index contributed by atoms with van der Waals surface area (Å²) in [7, 11) is 1.34. The number of nitrogens with zero attached hydrogens (tertiary/aromatic N) is 5. The van der Waals surface area contributed by atoms with Gasteiger partial charge in [0, 0.05) is 22.5 Å². The molecule has 2 aromatic heterocycles. The van der Waals surface area contributed by atoms with Crippen molar-refractivity contribution in [3.63, 3.8) is 0 Å². The summed E-state index contributed by atoms with van der Waals surface area (Å²) in [6, 6.07) is 4.96. The van der Waals surface area contributed by atoms with Crippen LogP contribution in [0, 0.1) is 24.6 Å². The molecule has 0 bridgehead atoms. The van der Waals surface area contributed by atoms with Crippen LogP contribution in [0.3, 0.4) is 0 Å². The van der Waals surface area contributed by atoms with Crippen molar-refractivity contribution < 1.29 is 18.7 Å². The predicted molar refractivity (Wildman–Crippen MR) is 158 cm³/mol. The number of aromatic nitrogens is 3. The first kappa shape index (κ1) is 29.2. The molecule has 1 saturated heterocycles. The number of fused-ring (bicyclic) bond motifs is 1. The highest BCUT2D eigenvalue weighted by atomic mass is 35.5. The molecule has 0 spiro atoms. The number of esters is 1. The number of anilines is 2. The largest absolute Gasteiger partial charge is 0.491 e. The number of ether oxygens (including phenoxy) is 2. The molecule has 0 radical (unpaired) electrons. The SMILES string of the molecule is COC(=O)c1nc(N2CCCc3c2nnc(Cl)c3C)sc1CCCOc1ccc(C#CC(C)N2CCCC2)cc1F. The Morgan fingerprint density at radius 2 is 2.02 bits per heavy atom. The normalized spacial score (nSPS) is 15.7. The van der Waals surface area contributed by atoms with E-state index in [4.69, 9.17) is 21.1 Å². The molecule has 8 nitrogen and oxygen atoms in total. The fourth-order valence-corrected chi connectivity index (χ4v) is 6.41. The number of rotatable bonds is 8. The van der Waals surface area contributed by atoms with E-state index in [1.165, 1.54) is 37.4 Å². The number of thiazole rings is 1. The van der Waals surface area contributed by atoms with Gasteiger partial charge in [-0.25, -0.2) is 14.2 Å². The Morgan fingerprint density at radius 3 is 2.78 bits per heavy atom. The van der Waals surface area contributed by atoms with Gasteiger partial charge in [0.05, 0.1) is 19.8 Å². The lowest BCUT2D eigenvalue weighted by molar-refractivity contribution is 0.0593. The van der Waals surface area contributed by atoms with Crippen LogP contribution in [0.25, 0.3) is 0 Å². The molecule has 1 unspecified atom stereocenters. The van der Waals surface area contributed by atoms with Gasteiger partial charge in [-0.3, -0.25) is 4.90 Å². The van der Waals surface area contributed by atoms with E-state index in [9.17, 15) is 9.18 Å². The molecule has 2 aliphatic heterocycles. The third-order valence-corrected chi connectivity index (χ3v) is 8.97. The highest BCUT2D eigenvalue weighted by Crippen LogP contribution is 2.38. The summed E-state index contributed by atoms with van der Waals surface area (Å²) < 4.78 is 25.5. The van der Waals surface area contributed by atoms with Gasteiger partial charge < -0.3 is 14.4 Å². The van der Waals surface area contributed by atoms with E-state index in [1.54, 1.807) is 12.1 Å². The summed E-state index contributed by atoms with van der Waals surface area (Å²) in [4.78, 5) is 22.3. The number of aryl methyl sites for hydroxylation is 1. The average molecular weight is 598 g/mol. The maximum absolute atomic E-state index is 14.7. The molecular weight excluding hydrogens is 565 g/mol. The Balaban J connectivity index is 1.23. The number of carbonyl (C=O) groups is 1. The minimum absolute atomic E-state index is 0.152. The second kappa shape index (κ2) is 13.1. The lowest BCUT2D eigenvalue weighted by Gasteiger charge is -2.28. The van der Waals surface area contributed by atoms with Crippen LogP contribution >= 0.6 is 22.9 Å². The Labute approximate surface area is 248 Å². The minimum Gasteiger partial charge on any atom is -0.491 e. The van der Waals surface area contributed by atoms with Gasteiger partial charge >= 0.3 is 5.97 Å². The van der Waals surface area contributed by atoms with Crippen LogP contribution in [0.5, 0.6) is 5.75 Å². The Morgan fingerprint density at radius 1 is 1.22 bits per heavy atom. The van der Waals surface area contributed by atoms with Gasteiger partial charge in [-0.1, -0.05) is 23.4 Å². The van der Waals surface area contributed by atoms with Crippen molar-refractivity contribution in [2.75, 3.05) is 38.3 Å². The first-order valence-corrected chi connectivity index (χ1v) is 15.1. The topological polar surface area (TPSA) is 80.7 Å². The summed E-state index contributed by atoms with van der Waals surface area (Å²) >= 11 is 7.62. The lowest BCUT2D eigenvalue weighted by Crippen LogP contribution is -2.28. The second-order valence-electron chi connectivity index (χ2n) is 10.2. The smallest absolute Gasteiger partial charge is 0.357 e. The van der Waals surface area contributed by atoms with E-state index < -0.39 is 11.8 Å². The Bertz CT molecular complexity index is 1480. The zero-order valence-electron chi connectivity index (χ0n) is 23.5. The second-order valence-corrected chi connectivity index (χ2v) is 11.6. The molecule has 216 valence electrons. The lowest BCUT2D eigenvalue weighted by atomic mass is 10.0. The molecule has 1 atom stereocenters. The van der Waals surface area contributed by atoms with E-state index in [0.717, 1.165) is 41.9 Å². The number of hydrogen-bond donors (Lipinski definition) is 0. The Hall–Kier alpha value is -3.26. The fraction of sp³-hybridized carbons (Fsp3) is 0.467. The van der Waals surface area contributed by atoms with Crippen LogP contribution in [0.2, 0.25) is 5.15 Å². The van der Waals surface area contributed by atoms with Crippen LogP contribution in [-0.4, -0.2) is 65.4 Å². The van der Waals surface area contributed by atoms with Crippen molar-refractivity contribution in [3.05, 3.63) is 56.4 Å². The monoisotopic (exact) mass is 597 g/mol. The molecule has 2 aliphatic rings. The van der Waals surface area contributed by atoms with Gasteiger partial charge in [0.1, 0.15) is 0 Å². The maximum Gasteiger partial charge on any atom is 0.357 e. The van der Waals surface area contributed by atoms with Crippen LogP contribution in [0.15, 0.2) is 18.2 Å². The molecule has 41 heavy (non-hydrogen) atoms. The minimum atomic E-state index is -0.499. The van der Waals surface area contributed by atoms with Crippen LogP contribution in [0.1, 0.15) is 64.7 Å². The third kappa shape index (κ3) is 6.64. The quantitative estimate of drug-likeness (QED) is 0.184. The van der Waals surface area contributed by atoms with Crippen LogP contribution in [-0.2, 0) is 17.6 Å². The maximum atomic E-state index is 14.7. The molecule has 4 heterocycles. The van der Waals surface area contributed by atoms with Gasteiger partial charge in [0.2, 0.25) is 0 Å². The number of benzene rings is 1. The van der Waals surface area contributed by atoms with Crippen molar-refractivity contribution in [1.82, 2.24) is 20.1 Å². The van der Waals surface area contributed by atoms with E-state index >= 15 is 0 Å². The van der Waals surface area contributed by atoms with Gasteiger partial charge in [0.15, 0.2) is 33.4 Å². The summed E-state index contributed by atoms with van der Waals surface area (Å²) in [5.41, 5.74) is 2.85. The molecule has 1 aromatic carbocycles. The zero-order chi connectivity index (χ0) is 28.9. The molecule has 11 heteroatoms. The molecule has 0 N–H and O–H groups in total. The summed E-state index contributed by atoms with van der Waals surface area (Å²) in [6.07, 6.45) is 5.25. The standard InChI is InChI=1S/C30H33ClFN5O3S/c1-19(36-14-4-5-15-36)10-11-21-12-13-24(23(32)18-21)40-17-7-9-25-26(29(38)39-3)33-30(41-25)37-16-6-8-22-20(2)27(31)34-35-28(22)37/h12-13,18-19H,4-9,14-17H2,1-3H3. The molecule has 0 aliphatic carbocycles. The Kier molecular flexibility index (Phi) is 9.38. The van der Waals surface area contributed by atoms with Crippen molar-refractivity contribution in [3.8, 4) is 17.6 Å². The number of methoxy groups -OCH3 is 1. The highest BCUT2D eigenvalue weighted by molar-refractivity contribution is 7.16. The first-order valence-electron chi connectivity index (χ1n) is 13.9. The fourth-order valence-electron chi connectivity index (χ4n) is 5.14. The van der Waals surface area contributed by atoms with Gasteiger partial charge in [-0.2, -0.15) is 0 Å². The molecule has 3 aromatic rings. The van der Waals surface area contributed by atoms with Crippen molar-refractivity contribution in [2.24, 2.45) is 0 Å². The number of halogens is 2. The summed E-state index contributed by atoms with van der Waals surface area (Å²) in [6.45, 7) is 7.13. The number of hydrogen-bond acceptors (Lipinski definition) is 9. The molecule has 1 fully saturated rings. The number of likely N-dealkylation sites (tertiary alicyclic amines) is 1. The molecule has 0 amide bonds. The van der Waals surface area contributed by atoms with Crippen LogP contribution in [0.4, 0.5) is 15.3 Å². The average Bonchev–Trinajstić information content (AvgIpc) is 3.67. The number of carbonyl (C=O) groups excluding carboxylic acids is 1. The third-order valence-electron chi connectivity index (χ3n) is 7.48. The van der Waals surface area contributed by atoms with E-state index in [2.05, 4.69) is 38.8 Å². The summed E-state index contributed by atoms with van der Waals surface area (Å²) in [5, 5.41) is 9.47. The van der Waals surface area contributed by atoms with Gasteiger partial charge in [-0.05, 0) is 89.2 Å². The van der Waals surface area contributed by atoms with Gasteiger partial charge in [0.25, 0.3) is 0 Å². The van der Waals surface area contributed by atoms with Crippen LogP contribution < -0.4 is 9.64 Å². The van der Waals surface area contributed by atoms with Crippen molar-refractivity contribution in [2.45, 2.75) is 58.4 Å². The highest BCUT2D eigenvalue weighted by Gasteiger charge is 2.28. The van der Waals surface area contributed by atoms with Crippen molar-refractivity contribution >= 4 is 39.9 Å². The van der Waals surface area contributed by atoms with Crippen molar-refractivity contribution in [1.29, 1.82) is 0 Å². The van der Waals surface area contributed by atoms with E-state index in [0.29, 0.717) is 41.1 Å². The predicted octanol–water partition coefficient (Wildman–Crippen LogP) is 5.75. The molecule has 5 rings (SSSR count). The van der Waals surface area contributed by atoms with E-state index in [1.807, 2.05) is 11.8 Å². The molecule has 0 saturated carbocycles. The van der Waals surface area contributed by atoms with E-state index in [-0.39, 0.29) is 24.1 Å². The summed E-state index contributed by atoms with van der Waals surface area (Å²) in [5.74, 6) is 6.26. The first-order chi connectivity index (χ1) is 19.9.